The van der Waals surface area contributed by atoms with E-state index in [0.717, 1.165) is 24.3 Å². The number of fused-ring (bicyclic) bond motifs is 1. The summed E-state index contributed by atoms with van der Waals surface area (Å²) in [7, 11) is 1.42. The number of hydrogen-bond donors (Lipinski definition) is 1. The molecule has 0 radical (unpaired) electrons. The highest BCUT2D eigenvalue weighted by molar-refractivity contribution is 7.16. The molecule has 0 fully saturated rings. The molecule has 0 aliphatic carbocycles. The van der Waals surface area contributed by atoms with E-state index in [1.165, 1.54) is 17.6 Å². The molecular weight excluding hydrogens is 276 g/mol. The molecule has 0 saturated heterocycles. The Morgan fingerprint density at radius 3 is 3.15 bits per heavy atom. The Kier molecular flexibility index (Phi) is 5.40. The van der Waals surface area contributed by atoms with Gasteiger partial charge in [0.1, 0.15) is 11.6 Å². The van der Waals surface area contributed by atoms with Crippen LogP contribution in [0.2, 0.25) is 0 Å². The molecule has 0 amide bonds. The van der Waals surface area contributed by atoms with Crippen LogP contribution in [0.1, 0.15) is 36.1 Å². The monoisotopic (exact) mass is 296 g/mol. The number of amidine groups is 1. The second kappa shape index (κ2) is 7.28. The summed E-state index contributed by atoms with van der Waals surface area (Å²) in [5.74, 6) is -0.144. The van der Waals surface area contributed by atoms with Crippen LogP contribution in [-0.2, 0) is 20.9 Å². The molecule has 1 N–H and O–H groups in total. The van der Waals surface area contributed by atoms with E-state index >= 15 is 0 Å². The minimum Gasteiger partial charge on any atom is -0.469 e. The number of aliphatic imine (C=N–C) groups is 1. The van der Waals surface area contributed by atoms with Gasteiger partial charge in [0.15, 0.2) is 0 Å². The summed E-state index contributed by atoms with van der Waals surface area (Å²) in [5, 5.41) is 4.35. The standard InChI is InChI=1S/C14H20N2O3S/c1-10-8-11-9-19-14(16-13(11)20-10)15-7-5-3-4-6-12(17)18-2/h8H,3-7,9H2,1-2H3,(H,15,16). The van der Waals surface area contributed by atoms with Crippen molar-refractivity contribution >= 4 is 28.3 Å². The number of nitrogens with zero attached hydrogens (tertiary/aromatic N) is 1. The molecule has 110 valence electrons. The normalized spacial score (nSPS) is 15.4. The molecule has 1 aromatic heterocycles. The van der Waals surface area contributed by atoms with Gasteiger partial charge in [-0.3, -0.25) is 4.79 Å². The van der Waals surface area contributed by atoms with Gasteiger partial charge in [-0.25, -0.2) is 4.99 Å². The fourth-order valence-electron chi connectivity index (χ4n) is 1.98. The molecule has 20 heavy (non-hydrogen) atoms. The third-order valence-electron chi connectivity index (χ3n) is 3.04. The molecule has 0 atom stereocenters. The molecule has 0 bridgehead atoms. The number of rotatable bonds is 6. The first-order valence-electron chi connectivity index (χ1n) is 6.79. The molecule has 0 spiro atoms. The van der Waals surface area contributed by atoms with Crippen LogP contribution in [0.4, 0.5) is 5.00 Å². The Bertz CT molecular complexity index is 497. The van der Waals surface area contributed by atoms with Gasteiger partial charge in [0.05, 0.1) is 7.11 Å². The fraction of sp³-hybridized carbons (Fsp3) is 0.571. The molecule has 0 aromatic carbocycles. The Hall–Kier alpha value is -1.56. The van der Waals surface area contributed by atoms with E-state index in [9.17, 15) is 4.79 Å². The number of esters is 1. The highest BCUT2D eigenvalue weighted by atomic mass is 32.1. The number of unbranched alkanes of at least 4 members (excludes halogenated alkanes) is 2. The van der Waals surface area contributed by atoms with Crippen molar-refractivity contribution in [1.29, 1.82) is 0 Å². The van der Waals surface area contributed by atoms with E-state index in [4.69, 9.17) is 4.74 Å². The van der Waals surface area contributed by atoms with Gasteiger partial charge < -0.3 is 14.8 Å². The molecule has 1 aliphatic heterocycles. The predicted molar refractivity (Wildman–Crippen MR) is 80.3 cm³/mol. The van der Waals surface area contributed by atoms with Crippen molar-refractivity contribution < 1.29 is 14.3 Å². The second-order valence-electron chi connectivity index (χ2n) is 4.70. The van der Waals surface area contributed by atoms with E-state index in [1.54, 1.807) is 11.3 Å². The number of thiophene rings is 1. The van der Waals surface area contributed by atoms with Crippen molar-refractivity contribution in [2.75, 3.05) is 19.0 Å². The molecule has 2 rings (SSSR count). The molecule has 6 heteroatoms. The molecule has 0 unspecified atom stereocenters. The lowest BCUT2D eigenvalue weighted by atomic mass is 10.2. The Morgan fingerprint density at radius 1 is 1.50 bits per heavy atom. The second-order valence-corrected chi connectivity index (χ2v) is 5.96. The zero-order valence-corrected chi connectivity index (χ0v) is 12.7. The number of carbonyl (C=O) groups is 1. The zero-order valence-electron chi connectivity index (χ0n) is 11.9. The van der Waals surface area contributed by atoms with Crippen LogP contribution in [0, 0.1) is 6.92 Å². The van der Waals surface area contributed by atoms with Gasteiger partial charge >= 0.3 is 5.97 Å². The smallest absolute Gasteiger partial charge is 0.305 e. The largest absolute Gasteiger partial charge is 0.469 e. The van der Waals surface area contributed by atoms with E-state index < -0.39 is 0 Å². The maximum Gasteiger partial charge on any atom is 0.305 e. The molecule has 1 aliphatic rings. The number of methoxy groups -OCH3 is 1. The van der Waals surface area contributed by atoms with Crippen LogP contribution in [0.25, 0.3) is 0 Å². The number of anilines is 1. The molecule has 0 saturated carbocycles. The van der Waals surface area contributed by atoms with Crippen molar-refractivity contribution in [3.63, 3.8) is 0 Å². The van der Waals surface area contributed by atoms with Gasteiger partial charge in [0, 0.05) is 23.4 Å². The first-order chi connectivity index (χ1) is 9.69. The first kappa shape index (κ1) is 14.8. The zero-order chi connectivity index (χ0) is 14.4. The topological polar surface area (TPSA) is 59.9 Å². The number of hydrogen-bond acceptors (Lipinski definition) is 5. The average Bonchev–Trinajstić information content (AvgIpc) is 2.81. The summed E-state index contributed by atoms with van der Waals surface area (Å²) >= 11 is 1.72. The lowest BCUT2D eigenvalue weighted by molar-refractivity contribution is -0.140. The summed E-state index contributed by atoms with van der Waals surface area (Å²) in [6, 6.07) is 2.74. The fourth-order valence-corrected chi connectivity index (χ4v) is 2.90. The van der Waals surface area contributed by atoms with Crippen LogP contribution in [0.15, 0.2) is 11.1 Å². The summed E-state index contributed by atoms with van der Waals surface area (Å²) in [4.78, 5) is 16.6. The number of aryl methyl sites for hydroxylation is 1. The van der Waals surface area contributed by atoms with Crippen molar-refractivity contribution in [2.45, 2.75) is 39.2 Å². The van der Waals surface area contributed by atoms with E-state index in [2.05, 4.69) is 28.0 Å². The van der Waals surface area contributed by atoms with E-state index in [-0.39, 0.29) is 5.97 Å². The average molecular weight is 296 g/mol. The van der Waals surface area contributed by atoms with Crippen LogP contribution >= 0.6 is 11.3 Å². The van der Waals surface area contributed by atoms with Crippen molar-refractivity contribution in [2.24, 2.45) is 4.99 Å². The SMILES string of the molecule is COC(=O)CCCCCN=C1Nc2sc(C)cc2CO1. The van der Waals surface area contributed by atoms with Crippen molar-refractivity contribution in [1.82, 2.24) is 0 Å². The van der Waals surface area contributed by atoms with Crippen LogP contribution < -0.4 is 5.32 Å². The number of nitrogens with one attached hydrogen (secondary N) is 1. The third-order valence-corrected chi connectivity index (χ3v) is 4.05. The van der Waals surface area contributed by atoms with Gasteiger partial charge in [-0.1, -0.05) is 6.42 Å². The van der Waals surface area contributed by atoms with Gasteiger partial charge in [-0.05, 0) is 25.8 Å². The molecule has 1 aromatic rings. The van der Waals surface area contributed by atoms with E-state index in [0.29, 0.717) is 25.6 Å². The minimum absolute atomic E-state index is 0.144. The van der Waals surface area contributed by atoms with Crippen LogP contribution in [0.3, 0.4) is 0 Å². The highest BCUT2D eigenvalue weighted by Gasteiger charge is 2.16. The van der Waals surface area contributed by atoms with Gasteiger partial charge in [0.2, 0.25) is 0 Å². The Morgan fingerprint density at radius 2 is 2.35 bits per heavy atom. The first-order valence-corrected chi connectivity index (χ1v) is 7.61. The molecular formula is C14H20N2O3S. The number of ether oxygens (including phenoxy) is 2. The molecule has 2 heterocycles. The quantitative estimate of drug-likeness (QED) is 0.647. The summed E-state index contributed by atoms with van der Waals surface area (Å²) in [6.45, 7) is 3.39. The van der Waals surface area contributed by atoms with Crippen molar-refractivity contribution in [3.05, 3.63) is 16.5 Å². The highest BCUT2D eigenvalue weighted by Crippen LogP contribution is 2.30. The van der Waals surface area contributed by atoms with Gasteiger partial charge in [-0.15, -0.1) is 11.3 Å². The minimum atomic E-state index is -0.144. The number of carbonyl (C=O) groups excluding carboxylic acids is 1. The lowest BCUT2D eigenvalue weighted by Gasteiger charge is -2.16. The Balaban J connectivity index is 1.67. The maximum absolute atomic E-state index is 10.9. The van der Waals surface area contributed by atoms with Crippen LogP contribution in [0.5, 0.6) is 0 Å². The third kappa shape index (κ3) is 4.23. The molecule has 5 nitrogen and oxygen atoms in total. The Labute approximate surface area is 123 Å². The lowest BCUT2D eigenvalue weighted by Crippen LogP contribution is -2.21. The van der Waals surface area contributed by atoms with Crippen LogP contribution in [-0.4, -0.2) is 25.6 Å². The maximum atomic E-state index is 10.9. The summed E-state index contributed by atoms with van der Waals surface area (Å²) in [5.41, 5.74) is 1.20. The van der Waals surface area contributed by atoms with Crippen molar-refractivity contribution in [3.8, 4) is 0 Å². The van der Waals surface area contributed by atoms with E-state index in [1.807, 2.05) is 0 Å². The predicted octanol–water partition coefficient (Wildman–Crippen LogP) is 3.09. The van der Waals surface area contributed by atoms with Gasteiger partial charge in [-0.2, -0.15) is 0 Å². The summed E-state index contributed by atoms with van der Waals surface area (Å²) < 4.78 is 10.1. The summed E-state index contributed by atoms with van der Waals surface area (Å²) in [6.07, 6.45) is 3.25. The van der Waals surface area contributed by atoms with Gasteiger partial charge in [0.25, 0.3) is 6.02 Å².